The van der Waals surface area contributed by atoms with Crippen LogP contribution in [0.25, 0.3) is 0 Å². The average Bonchev–Trinajstić information content (AvgIpc) is 2.69. The summed E-state index contributed by atoms with van der Waals surface area (Å²) in [7, 11) is 0. The second-order valence-electron chi connectivity index (χ2n) is 7.83. The Bertz CT molecular complexity index is 886. The summed E-state index contributed by atoms with van der Waals surface area (Å²) in [6, 6.07) is -0.846. The van der Waals surface area contributed by atoms with E-state index in [9.17, 15) is 26.3 Å². The Morgan fingerprint density at radius 2 is 1.97 bits per heavy atom. The molecule has 1 aromatic heterocycles. The van der Waals surface area contributed by atoms with Gasteiger partial charge in [0.05, 0.1) is 18.4 Å². The van der Waals surface area contributed by atoms with Gasteiger partial charge in [0.25, 0.3) is 0 Å². The molecular weight excluding hydrogens is 414 g/mol. The Kier molecular flexibility index (Phi) is 5.62. The molecule has 5 nitrogen and oxygen atoms in total. The van der Waals surface area contributed by atoms with E-state index < -0.39 is 54.0 Å². The molecule has 2 N–H and O–H groups in total. The van der Waals surface area contributed by atoms with E-state index in [2.05, 4.69) is 9.97 Å². The van der Waals surface area contributed by atoms with E-state index in [4.69, 9.17) is 10.5 Å². The van der Waals surface area contributed by atoms with Gasteiger partial charge in [0.15, 0.2) is 5.83 Å². The summed E-state index contributed by atoms with van der Waals surface area (Å²) < 4.78 is 85.4. The van der Waals surface area contributed by atoms with Crippen molar-refractivity contribution in [2.75, 3.05) is 13.2 Å². The second kappa shape index (κ2) is 7.93. The number of rotatable bonds is 2. The number of nitrogens with two attached hydrogens (primary N) is 1. The summed E-state index contributed by atoms with van der Waals surface area (Å²) in [6.07, 6.45) is -3.29. The Morgan fingerprint density at radius 1 is 1.20 bits per heavy atom. The molecule has 1 fully saturated rings. The zero-order valence-corrected chi connectivity index (χ0v) is 15.8. The maximum absolute atomic E-state index is 14.1. The topological polar surface area (TPSA) is 64.3 Å². The molecule has 3 aliphatic rings. The highest BCUT2D eigenvalue weighted by Gasteiger charge is 2.41. The first-order valence-electron chi connectivity index (χ1n) is 9.58. The normalized spacial score (nSPS) is 30.8. The largest absolute Gasteiger partial charge is 0.451 e. The smallest absolute Gasteiger partial charge is 0.374 e. The molecule has 164 valence electrons. The third-order valence-corrected chi connectivity index (χ3v) is 5.87. The van der Waals surface area contributed by atoms with Crippen molar-refractivity contribution >= 4 is 0 Å². The average molecular weight is 434 g/mol. The maximum atomic E-state index is 14.1. The minimum absolute atomic E-state index is 0.155. The van der Waals surface area contributed by atoms with Gasteiger partial charge < -0.3 is 10.5 Å². The van der Waals surface area contributed by atoms with Crippen molar-refractivity contribution in [2.24, 2.45) is 11.7 Å². The fourth-order valence-corrected chi connectivity index (χ4v) is 4.27. The monoisotopic (exact) mass is 434 g/mol. The number of hydrogen-bond donors (Lipinski definition) is 1. The van der Waals surface area contributed by atoms with Crippen LogP contribution in [0.3, 0.4) is 0 Å². The van der Waals surface area contributed by atoms with Crippen molar-refractivity contribution < 1.29 is 31.1 Å². The number of halogens is 6. The fraction of sp³-hybridized carbons (Fsp3) is 0.579. The SMILES string of the molecule is NC1CC(N2CCc3cnc(C(F)(F)F)nc3C2)CO[C@@H]1C1CC(F)=C(F)C=C1F. The van der Waals surface area contributed by atoms with Crippen molar-refractivity contribution in [3.8, 4) is 0 Å². The number of hydrogen-bond acceptors (Lipinski definition) is 5. The molecular formula is C19H20F6N4O. The fourth-order valence-electron chi connectivity index (χ4n) is 4.27. The zero-order valence-electron chi connectivity index (χ0n) is 15.8. The number of aromatic nitrogens is 2. The van der Waals surface area contributed by atoms with Gasteiger partial charge in [-0.3, -0.25) is 4.90 Å². The van der Waals surface area contributed by atoms with Crippen LogP contribution in [0.2, 0.25) is 0 Å². The molecule has 0 amide bonds. The zero-order chi connectivity index (χ0) is 21.6. The molecule has 4 rings (SSSR count). The highest BCUT2D eigenvalue weighted by atomic mass is 19.4. The van der Waals surface area contributed by atoms with Crippen LogP contribution in [0.15, 0.2) is 29.8 Å². The molecule has 0 aromatic carbocycles. The first kappa shape index (κ1) is 21.3. The molecule has 0 radical (unpaired) electrons. The van der Waals surface area contributed by atoms with E-state index in [1.54, 1.807) is 0 Å². The maximum Gasteiger partial charge on any atom is 0.451 e. The molecule has 1 saturated heterocycles. The first-order valence-corrected chi connectivity index (χ1v) is 9.58. The van der Waals surface area contributed by atoms with Gasteiger partial charge in [-0.25, -0.2) is 23.1 Å². The quantitative estimate of drug-likeness (QED) is 0.724. The van der Waals surface area contributed by atoms with Crippen LogP contribution < -0.4 is 5.73 Å². The van der Waals surface area contributed by atoms with Crippen molar-refractivity contribution in [3.63, 3.8) is 0 Å². The molecule has 0 saturated carbocycles. The van der Waals surface area contributed by atoms with Gasteiger partial charge in [-0.05, 0) is 18.4 Å². The molecule has 1 aromatic rings. The third-order valence-electron chi connectivity index (χ3n) is 5.87. The number of ether oxygens (including phenoxy) is 1. The lowest BCUT2D eigenvalue weighted by atomic mass is 9.84. The van der Waals surface area contributed by atoms with Crippen molar-refractivity contribution in [1.82, 2.24) is 14.9 Å². The lowest BCUT2D eigenvalue weighted by Gasteiger charge is -2.43. The van der Waals surface area contributed by atoms with Crippen molar-refractivity contribution in [3.05, 3.63) is 46.8 Å². The number of alkyl halides is 3. The number of nitrogens with zero attached hydrogens (tertiary/aromatic N) is 3. The third kappa shape index (κ3) is 4.10. The van der Waals surface area contributed by atoms with Crippen molar-refractivity contribution in [2.45, 2.75) is 50.2 Å². The van der Waals surface area contributed by atoms with E-state index in [-0.39, 0.29) is 19.2 Å². The molecule has 0 bridgehead atoms. The van der Waals surface area contributed by atoms with Gasteiger partial charge in [-0.1, -0.05) is 0 Å². The van der Waals surface area contributed by atoms with Gasteiger partial charge >= 0.3 is 6.18 Å². The highest BCUT2D eigenvalue weighted by molar-refractivity contribution is 5.26. The summed E-state index contributed by atoms with van der Waals surface area (Å²) in [5, 5.41) is 0. The predicted molar refractivity (Wildman–Crippen MR) is 93.8 cm³/mol. The van der Waals surface area contributed by atoms with Crippen LogP contribution in [0.4, 0.5) is 26.3 Å². The molecule has 4 atom stereocenters. The van der Waals surface area contributed by atoms with Crippen LogP contribution in [0.5, 0.6) is 0 Å². The summed E-state index contributed by atoms with van der Waals surface area (Å²) in [4.78, 5) is 8.99. The summed E-state index contributed by atoms with van der Waals surface area (Å²) in [5.41, 5.74) is 7.15. The molecule has 11 heteroatoms. The molecule has 3 heterocycles. The van der Waals surface area contributed by atoms with Gasteiger partial charge in [0, 0.05) is 49.8 Å². The number of allylic oxidation sites excluding steroid dienone is 3. The van der Waals surface area contributed by atoms with E-state index in [0.717, 1.165) is 0 Å². The molecule has 30 heavy (non-hydrogen) atoms. The van der Waals surface area contributed by atoms with E-state index in [0.29, 0.717) is 36.7 Å². The first-order chi connectivity index (χ1) is 14.1. The Balaban J connectivity index is 1.43. The van der Waals surface area contributed by atoms with E-state index in [1.807, 2.05) is 4.90 Å². The minimum Gasteiger partial charge on any atom is -0.374 e. The predicted octanol–water partition coefficient (Wildman–Crippen LogP) is 3.36. The van der Waals surface area contributed by atoms with Crippen molar-refractivity contribution in [1.29, 1.82) is 0 Å². The lowest BCUT2D eigenvalue weighted by molar-refractivity contribution is -0.145. The van der Waals surface area contributed by atoms with Gasteiger partial charge in [0.1, 0.15) is 11.7 Å². The Labute approximate surface area is 168 Å². The van der Waals surface area contributed by atoms with Gasteiger partial charge in [-0.2, -0.15) is 13.2 Å². The van der Waals surface area contributed by atoms with Crippen LogP contribution in [-0.2, 0) is 23.9 Å². The summed E-state index contributed by atoms with van der Waals surface area (Å²) >= 11 is 0. The Morgan fingerprint density at radius 3 is 2.67 bits per heavy atom. The number of fused-ring (bicyclic) bond motifs is 1. The minimum atomic E-state index is -4.62. The standard InChI is InChI=1S/C19H20F6N4O/c20-12-5-14(22)13(21)4-11(12)17-15(26)3-10(8-30-17)29-2-1-9-6-27-18(19(23,24)25)28-16(9)7-29/h5-6,10-11,15,17H,1-4,7-8,26H2/t10?,11?,15?,17-/m1/s1. The molecule has 2 aliphatic heterocycles. The van der Waals surface area contributed by atoms with Crippen LogP contribution >= 0.6 is 0 Å². The van der Waals surface area contributed by atoms with Gasteiger partial charge in [0.2, 0.25) is 5.82 Å². The second-order valence-corrected chi connectivity index (χ2v) is 7.83. The van der Waals surface area contributed by atoms with Crippen LogP contribution in [0, 0.1) is 5.92 Å². The van der Waals surface area contributed by atoms with E-state index >= 15 is 0 Å². The van der Waals surface area contributed by atoms with Crippen LogP contribution in [-0.4, -0.2) is 46.2 Å². The van der Waals surface area contributed by atoms with Gasteiger partial charge in [-0.15, -0.1) is 0 Å². The Hall–Kier alpha value is -1.98. The lowest BCUT2D eigenvalue weighted by Crippen LogP contribution is -2.55. The highest BCUT2D eigenvalue weighted by Crippen LogP contribution is 2.38. The van der Waals surface area contributed by atoms with E-state index in [1.165, 1.54) is 6.20 Å². The molecule has 0 spiro atoms. The van der Waals surface area contributed by atoms with Crippen LogP contribution in [0.1, 0.15) is 29.9 Å². The molecule has 1 aliphatic carbocycles. The summed E-state index contributed by atoms with van der Waals surface area (Å²) in [5.74, 6) is -5.24. The molecule has 3 unspecified atom stereocenters. The summed E-state index contributed by atoms with van der Waals surface area (Å²) in [6.45, 7) is 0.905.